The molecule has 0 spiro atoms. The molecule has 0 aliphatic carbocycles. The van der Waals surface area contributed by atoms with Crippen LogP contribution >= 0.6 is 25.0 Å². The van der Waals surface area contributed by atoms with E-state index in [1.807, 2.05) is 0 Å². The standard InChI is InChI=1S/C35H56O4.H4O5P2.H3O4P/c1-22-15-24(30(3,4)5)28(25(16-22)31(6,7)8)35(39,34(19-36,20-37)21-38)29-26(32(9,10)11)17-23(2)18-27(29)33(12,13)14;1-6(2)5-7(3)4;1-5(2,3)4/h15-18,36-39H,19-21H2,1-14H3;1-4H;(H3,1,2,3,4). The molecule has 13 nitrogen and oxygen atoms in total. The van der Waals surface area contributed by atoms with Crippen LogP contribution in [0.25, 0.3) is 0 Å². The molecular weight excluding hydrogens is 721 g/mol. The molecule has 0 amide bonds. The van der Waals surface area contributed by atoms with Gasteiger partial charge in [-0.3, -0.25) is 0 Å². The van der Waals surface area contributed by atoms with Crippen LogP contribution in [0, 0.1) is 19.3 Å². The van der Waals surface area contributed by atoms with Crippen molar-refractivity contribution in [2.75, 3.05) is 19.8 Å². The van der Waals surface area contributed by atoms with Gasteiger partial charge in [0.15, 0.2) is 0 Å². The molecule has 0 aromatic heterocycles. The van der Waals surface area contributed by atoms with Gasteiger partial charge in [-0.25, -0.2) is 8.88 Å². The number of aryl methyl sites for hydroxylation is 2. The highest BCUT2D eigenvalue weighted by Gasteiger charge is 2.57. The lowest BCUT2D eigenvalue weighted by Crippen LogP contribution is -2.57. The molecule has 296 valence electrons. The molecule has 0 unspecified atom stereocenters. The first kappa shape index (κ1) is 50.1. The summed E-state index contributed by atoms with van der Waals surface area (Å²) in [6, 6.07) is 8.48. The van der Waals surface area contributed by atoms with Gasteiger partial charge in [-0.1, -0.05) is 118 Å². The molecule has 0 bridgehead atoms. The fraction of sp³-hybridized carbons (Fsp3) is 0.657. The molecule has 16 heteroatoms. The number of aliphatic hydroxyl groups is 4. The Labute approximate surface area is 306 Å². The minimum absolute atomic E-state index is 0.379. The minimum Gasteiger partial charge on any atom is -0.395 e. The van der Waals surface area contributed by atoms with Crippen LogP contribution in [0.4, 0.5) is 0 Å². The van der Waals surface area contributed by atoms with Gasteiger partial charge in [-0.2, -0.15) is 0 Å². The lowest BCUT2D eigenvalue weighted by molar-refractivity contribution is -0.138. The number of rotatable bonds is 8. The quantitative estimate of drug-likeness (QED) is 0.155. The number of phosphoric acid groups is 1. The Kier molecular flexibility index (Phi) is 17.8. The molecule has 0 heterocycles. The molecule has 0 aliphatic rings. The Balaban J connectivity index is 0.00000178. The highest BCUT2D eigenvalue weighted by molar-refractivity contribution is 7.53. The molecule has 0 saturated heterocycles. The number of benzene rings is 2. The first-order valence-electron chi connectivity index (χ1n) is 16.2. The third kappa shape index (κ3) is 13.7. The normalized spacial score (nSPS) is 13.5. The van der Waals surface area contributed by atoms with Crippen molar-refractivity contribution in [3.05, 3.63) is 68.8 Å². The van der Waals surface area contributed by atoms with Gasteiger partial charge in [0, 0.05) is 0 Å². The smallest absolute Gasteiger partial charge is 0.395 e. The lowest BCUT2D eigenvalue weighted by atomic mass is 9.56. The highest BCUT2D eigenvalue weighted by Crippen LogP contribution is 2.55. The monoisotopic (exact) mass is 784 g/mol. The van der Waals surface area contributed by atoms with Gasteiger partial charge in [0.05, 0.1) is 25.2 Å². The minimum atomic E-state index is -4.64. The molecule has 11 N–H and O–H groups in total. The number of hydrogen-bond acceptors (Lipinski definition) is 10. The Hall–Kier alpha value is -0.950. The highest BCUT2D eigenvalue weighted by atomic mass is 31.2. The topological polar surface area (TPSA) is 249 Å². The summed E-state index contributed by atoms with van der Waals surface area (Å²) in [6.07, 6.45) is 0. The third-order valence-electron chi connectivity index (χ3n) is 8.34. The van der Waals surface area contributed by atoms with E-state index in [0.29, 0.717) is 11.1 Å². The van der Waals surface area contributed by atoms with Gasteiger partial charge in [0.1, 0.15) is 5.60 Å². The molecule has 0 atom stereocenters. The zero-order valence-electron chi connectivity index (χ0n) is 32.5. The molecule has 2 rings (SSSR count). The van der Waals surface area contributed by atoms with Crippen molar-refractivity contribution < 1.29 is 63.6 Å². The van der Waals surface area contributed by atoms with Gasteiger partial charge < -0.3 is 54.7 Å². The second kappa shape index (κ2) is 18.1. The van der Waals surface area contributed by atoms with Crippen molar-refractivity contribution in [3.8, 4) is 0 Å². The van der Waals surface area contributed by atoms with E-state index < -0.39 is 55.9 Å². The van der Waals surface area contributed by atoms with Crippen LogP contribution < -0.4 is 0 Å². The average Bonchev–Trinajstić information content (AvgIpc) is 2.90. The third-order valence-corrected chi connectivity index (χ3v) is 9.51. The summed E-state index contributed by atoms with van der Waals surface area (Å²) >= 11 is 0. The fourth-order valence-electron chi connectivity index (χ4n) is 5.93. The molecule has 0 saturated carbocycles. The van der Waals surface area contributed by atoms with E-state index in [1.54, 1.807) is 0 Å². The van der Waals surface area contributed by atoms with E-state index in [1.165, 1.54) is 0 Å². The molecular formula is C35H63O13P3. The van der Waals surface area contributed by atoms with Crippen molar-refractivity contribution in [2.24, 2.45) is 5.41 Å². The zero-order chi connectivity index (χ0) is 40.9. The van der Waals surface area contributed by atoms with Crippen molar-refractivity contribution in [2.45, 2.75) is 124 Å². The predicted molar refractivity (Wildman–Crippen MR) is 202 cm³/mol. The molecule has 2 aromatic rings. The van der Waals surface area contributed by atoms with Gasteiger partial charge in [-0.05, 0) is 68.9 Å². The van der Waals surface area contributed by atoms with Crippen LogP contribution in [-0.2, 0) is 36.1 Å². The van der Waals surface area contributed by atoms with Gasteiger partial charge in [0.2, 0.25) is 0 Å². The Morgan fingerprint density at radius 1 is 0.549 bits per heavy atom. The SMILES string of the molecule is Cc1cc(C(C)(C)C)c(C(O)(c2c(C(C)(C)C)cc(C)cc2C(C)(C)C)C(CO)(CO)CO)c(C(C)(C)C)c1.O=P(O)(O)O.OP(O)OP(O)O. The summed E-state index contributed by atoms with van der Waals surface area (Å²) < 4.78 is 12.5. The van der Waals surface area contributed by atoms with Crippen LogP contribution in [0.2, 0.25) is 0 Å². The maximum Gasteiger partial charge on any atom is 0.466 e. The van der Waals surface area contributed by atoms with E-state index in [-0.39, 0.29) is 21.7 Å². The summed E-state index contributed by atoms with van der Waals surface area (Å²) in [6.45, 7) is 27.9. The van der Waals surface area contributed by atoms with Crippen molar-refractivity contribution >= 4 is 25.0 Å². The first-order valence-corrected chi connectivity index (χ1v) is 20.1. The molecule has 0 aliphatic heterocycles. The summed E-state index contributed by atoms with van der Waals surface area (Å²) in [4.78, 5) is 52.8. The van der Waals surface area contributed by atoms with Gasteiger partial charge in [0.25, 0.3) is 0 Å². The largest absolute Gasteiger partial charge is 0.466 e. The van der Waals surface area contributed by atoms with Crippen LogP contribution in [0.3, 0.4) is 0 Å². The predicted octanol–water partition coefficient (Wildman–Crippen LogP) is 5.19. The van der Waals surface area contributed by atoms with Crippen LogP contribution in [0.5, 0.6) is 0 Å². The molecule has 0 fully saturated rings. The number of aliphatic hydroxyl groups excluding tert-OH is 3. The van der Waals surface area contributed by atoms with E-state index >= 15 is 0 Å². The summed E-state index contributed by atoms with van der Waals surface area (Å²) in [5.41, 5.74) is 2.15. The van der Waals surface area contributed by atoms with Crippen molar-refractivity contribution in [1.29, 1.82) is 0 Å². The zero-order valence-corrected chi connectivity index (χ0v) is 35.2. The average molecular weight is 785 g/mol. The first-order chi connectivity index (χ1) is 22.5. The van der Waals surface area contributed by atoms with E-state index in [2.05, 4.69) is 126 Å². The van der Waals surface area contributed by atoms with Gasteiger partial charge >= 0.3 is 25.0 Å². The van der Waals surface area contributed by atoms with Crippen molar-refractivity contribution in [3.63, 3.8) is 0 Å². The molecule has 2 aromatic carbocycles. The maximum atomic E-state index is 13.7. The maximum absolute atomic E-state index is 13.7. The lowest BCUT2D eigenvalue weighted by Gasteiger charge is -2.52. The van der Waals surface area contributed by atoms with E-state index in [4.69, 9.17) is 38.8 Å². The van der Waals surface area contributed by atoms with E-state index in [9.17, 15) is 20.4 Å². The number of hydrogen-bond donors (Lipinski definition) is 11. The molecule has 51 heavy (non-hydrogen) atoms. The van der Waals surface area contributed by atoms with E-state index in [0.717, 1.165) is 33.4 Å². The summed E-state index contributed by atoms with van der Waals surface area (Å²) in [7, 11) is -9.86. The Morgan fingerprint density at radius 3 is 0.863 bits per heavy atom. The van der Waals surface area contributed by atoms with Crippen LogP contribution in [-0.4, -0.2) is 74.5 Å². The van der Waals surface area contributed by atoms with Crippen LogP contribution in [0.15, 0.2) is 24.3 Å². The second-order valence-electron chi connectivity index (χ2n) is 17.0. The Bertz CT molecular complexity index is 1300. The summed E-state index contributed by atoms with van der Waals surface area (Å²) in [5, 5.41) is 46.9. The second-order valence-corrected chi connectivity index (χ2v) is 19.7. The fourth-order valence-corrected chi connectivity index (χ4v) is 6.45. The Morgan fingerprint density at radius 2 is 0.745 bits per heavy atom. The van der Waals surface area contributed by atoms with Crippen molar-refractivity contribution in [1.82, 2.24) is 0 Å². The van der Waals surface area contributed by atoms with Crippen LogP contribution in [0.1, 0.15) is 128 Å². The van der Waals surface area contributed by atoms with Gasteiger partial charge in [-0.15, -0.1) is 0 Å². The molecule has 0 radical (unpaired) electrons. The summed E-state index contributed by atoms with van der Waals surface area (Å²) in [5.74, 6) is 0.